The lowest BCUT2D eigenvalue weighted by Gasteiger charge is -2.35. The fourth-order valence-corrected chi connectivity index (χ4v) is 3.03. The van der Waals surface area contributed by atoms with Gasteiger partial charge in [-0.05, 0) is 12.1 Å². The smallest absolute Gasteiger partial charge is 0.254 e. The highest BCUT2D eigenvalue weighted by molar-refractivity contribution is 6.32. The quantitative estimate of drug-likeness (QED) is 0.827. The molecule has 6 nitrogen and oxygen atoms in total. The third-order valence-electron chi connectivity index (χ3n) is 4.05. The first-order valence-electron chi connectivity index (χ1n) is 7.64. The van der Waals surface area contributed by atoms with Crippen LogP contribution < -0.4 is 9.47 Å². The summed E-state index contributed by atoms with van der Waals surface area (Å²) in [7, 11) is 0. The zero-order valence-corrected chi connectivity index (χ0v) is 13.9. The summed E-state index contributed by atoms with van der Waals surface area (Å²) in [6, 6.07) is 3.26. The Morgan fingerprint density at radius 3 is 2.39 bits per heavy atom. The van der Waals surface area contributed by atoms with Gasteiger partial charge in [-0.25, -0.2) is 0 Å². The van der Waals surface area contributed by atoms with Crippen LogP contribution in [-0.4, -0.2) is 54.6 Å². The van der Waals surface area contributed by atoms with E-state index in [1.165, 1.54) is 0 Å². The molecule has 1 aromatic carbocycles. The molecule has 2 aliphatic rings. The lowest BCUT2D eigenvalue weighted by atomic mass is 10.1. The predicted molar refractivity (Wildman–Crippen MR) is 84.9 cm³/mol. The molecule has 7 heteroatoms. The van der Waals surface area contributed by atoms with Gasteiger partial charge in [-0.3, -0.25) is 9.59 Å². The van der Waals surface area contributed by atoms with Gasteiger partial charge < -0.3 is 19.3 Å². The van der Waals surface area contributed by atoms with Crippen LogP contribution in [0.25, 0.3) is 0 Å². The highest BCUT2D eigenvalue weighted by atomic mass is 35.5. The molecule has 2 heterocycles. The first-order chi connectivity index (χ1) is 11.0. The van der Waals surface area contributed by atoms with Crippen molar-refractivity contribution < 1.29 is 19.1 Å². The zero-order chi connectivity index (χ0) is 16.6. The van der Waals surface area contributed by atoms with Crippen LogP contribution in [0.2, 0.25) is 5.02 Å². The molecule has 23 heavy (non-hydrogen) atoms. The van der Waals surface area contributed by atoms with Crippen LogP contribution in [0.1, 0.15) is 24.2 Å². The zero-order valence-electron chi connectivity index (χ0n) is 13.2. The van der Waals surface area contributed by atoms with Crippen LogP contribution in [0.4, 0.5) is 0 Å². The molecule has 3 rings (SSSR count). The molecule has 0 aromatic heterocycles. The highest BCUT2D eigenvalue weighted by Crippen LogP contribution is 2.40. The summed E-state index contributed by atoms with van der Waals surface area (Å²) in [4.78, 5) is 28.2. The normalized spacial score (nSPS) is 16.9. The van der Waals surface area contributed by atoms with Gasteiger partial charge >= 0.3 is 0 Å². The molecular formula is C16H19ClN2O4. The average Bonchev–Trinajstić information content (AvgIpc) is 3.02. The van der Waals surface area contributed by atoms with Crippen LogP contribution in [0, 0.1) is 5.92 Å². The van der Waals surface area contributed by atoms with Gasteiger partial charge in [0.05, 0.1) is 5.02 Å². The Balaban J connectivity index is 1.68. The summed E-state index contributed by atoms with van der Waals surface area (Å²) in [5.74, 6) is 0.972. The van der Waals surface area contributed by atoms with Crippen molar-refractivity contribution in [1.82, 2.24) is 9.80 Å². The van der Waals surface area contributed by atoms with Gasteiger partial charge in [0, 0.05) is 37.7 Å². The van der Waals surface area contributed by atoms with Crippen LogP contribution in [-0.2, 0) is 4.79 Å². The Morgan fingerprint density at radius 1 is 1.09 bits per heavy atom. The van der Waals surface area contributed by atoms with Crippen molar-refractivity contribution in [2.45, 2.75) is 13.8 Å². The number of benzene rings is 1. The maximum Gasteiger partial charge on any atom is 0.254 e. The number of rotatable bonds is 2. The molecule has 124 valence electrons. The SMILES string of the molecule is CC(C)C(=O)N1CCN(C(=O)c2cc(Cl)c3c(c2)OCO3)CC1. The molecule has 2 aliphatic heterocycles. The Hall–Kier alpha value is -1.95. The summed E-state index contributed by atoms with van der Waals surface area (Å²) < 4.78 is 10.6. The lowest BCUT2D eigenvalue weighted by Crippen LogP contribution is -2.51. The summed E-state index contributed by atoms with van der Waals surface area (Å²) >= 11 is 6.13. The number of amides is 2. The van der Waals surface area contributed by atoms with Crippen molar-refractivity contribution in [3.8, 4) is 11.5 Å². The average molecular weight is 339 g/mol. The number of hydrogen-bond donors (Lipinski definition) is 0. The van der Waals surface area contributed by atoms with Crippen molar-refractivity contribution in [3.05, 3.63) is 22.7 Å². The number of carbonyl (C=O) groups excluding carboxylic acids is 2. The van der Waals surface area contributed by atoms with E-state index in [0.717, 1.165) is 0 Å². The first kappa shape index (κ1) is 15.9. The molecule has 0 spiro atoms. The second kappa shape index (κ2) is 6.28. The van der Waals surface area contributed by atoms with E-state index in [2.05, 4.69) is 0 Å². The van der Waals surface area contributed by atoms with Crippen LogP contribution in [0.3, 0.4) is 0 Å². The molecule has 0 radical (unpaired) electrons. The Kier molecular flexibility index (Phi) is 4.35. The van der Waals surface area contributed by atoms with Gasteiger partial charge in [0.1, 0.15) is 0 Å². The molecule has 1 aromatic rings. The third kappa shape index (κ3) is 3.08. The van der Waals surface area contributed by atoms with Gasteiger partial charge in [-0.2, -0.15) is 0 Å². The minimum atomic E-state index is -0.109. The summed E-state index contributed by atoms with van der Waals surface area (Å²) in [6.45, 7) is 6.03. The Morgan fingerprint density at radius 2 is 1.74 bits per heavy atom. The maximum absolute atomic E-state index is 12.6. The van der Waals surface area contributed by atoms with Gasteiger partial charge in [0.2, 0.25) is 12.7 Å². The molecule has 1 saturated heterocycles. The molecule has 0 saturated carbocycles. The first-order valence-corrected chi connectivity index (χ1v) is 8.02. The third-order valence-corrected chi connectivity index (χ3v) is 4.33. The number of hydrogen-bond acceptors (Lipinski definition) is 4. The standard InChI is InChI=1S/C16H19ClN2O4/c1-10(2)15(20)18-3-5-19(6-4-18)16(21)11-7-12(17)14-13(8-11)22-9-23-14/h7-8,10H,3-6,9H2,1-2H3. The number of carbonyl (C=O) groups is 2. The van der Waals surface area contributed by atoms with Crippen LogP contribution >= 0.6 is 11.6 Å². The molecule has 0 atom stereocenters. The second-order valence-electron chi connectivity index (χ2n) is 5.96. The van der Waals surface area contributed by atoms with Gasteiger partial charge in [0.25, 0.3) is 5.91 Å². The van der Waals surface area contributed by atoms with Crippen molar-refractivity contribution in [2.75, 3.05) is 33.0 Å². The monoisotopic (exact) mass is 338 g/mol. The van der Waals surface area contributed by atoms with E-state index in [4.69, 9.17) is 21.1 Å². The highest BCUT2D eigenvalue weighted by Gasteiger charge is 2.28. The van der Waals surface area contributed by atoms with Crippen molar-refractivity contribution in [1.29, 1.82) is 0 Å². The van der Waals surface area contributed by atoms with Crippen molar-refractivity contribution in [2.24, 2.45) is 5.92 Å². The molecule has 0 unspecified atom stereocenters. The van der Waals surface area contributed by atoms with Crippen LogP contribution in [0.5, 0.6) is 11.5 Å². The number of ether oxygens (including phenoxy) is 2. The molecule has 0 N–H and O–H groups in total. The Bertz CT molecular complexity index is 639. The summed E-state index contributed by atoms with van der Waals surface area (Å²) in [5.41, 5.74) is 0.475. The number of fused-ring (bicyclic) bond motifs is 1. The van der Waals surface area contributed by atoms with E-state index in [9.17, 15) is 9.59 Å². The summed E-state index contributed by atoms with van der Waals surface area (Å²) in [5, 5.41) is 0.372. The molecule has 2 amide bonds. The van der Waals surface area contributed by atoms with Crippen molar-refractivity contribution in [3.63, 3.8) is 0 Å². The maximum atomic E-state index is 12.6. The largest absolute Gasteiger partial charge is 0.454 e. The van der Waals surface area contributed by atoms with E-state index >= 15 is 0 Å². The van der Waals surface area contributed by atoms with Gasteiger partial charge in [-0.1, -0.05) is 25.4 Å². The van der Waals surface area contributed by atoms with Crippen molar-refractivity contribution >= 4 is 23.4 Å². The molecule has 0 aliphatic carbocycles. The van der Waals surface area contributed by atoms with E-state index in [-0.39, 0.29) is 24.5 Å². The fraction of sp³-hybridized carbons (Fsp3) is 0.500. The lowest BCUT2D eigenvalue weighted by molar-refractivity contribution is -0.135. The fourth-order valence-electron chi connectivity index (χ4n) is 2.77. The molecule has 1 fully saturated rings. The number of nitrogens with zero attached hydrogens (tertiary/aromatic N) is 2. The molecule has 0 bridgehead atoms. The summed E-state index contributed by atoms with van der Waals surface area (Å²) in [6.07, 6.45) is 0. The van der Waals surface area contributed by atoms with E-state index in [1.807, 2.05) is 13.8 Å². The minimum Gasteiger partial charge on any atom is -0.454 e. The van der Waals surface area contributed by atoms with E-state index in [0.29, 0.717) is 48.3 Å². The van der Waals surface area contributed by atoms with E-state index < -0.39 is 0 Å². The van der Waals surface area contributed by atoms with Crippen LogP contribution in [0.15, 0.2) is 12.1 Å². The molecular weight excluding hydrogens is 320 g/mol. The topological polar surface area (TPSA) is 59.1 Å². The second-order valence-corrected chi connectivity index (χ2v) is 6.37. The van der Waals surface area contributed by atoms with Gasteiger partial charge in [0.15, 0.2) is 11.5 Å². The number of piperazine rings is 1. The minimum absolute atomic E-state index is 0.0232. The predicted octanol–water partition coefficient (Wildman–Crippen LogP) is 2.01. The Labute approximate surface area is 139 Å². The van der Waals surface area contributed by atoms with E-state index in [1.54, 1.807) is 21.9 Å². The van der Waals surface area contributed by atoms with Gasteiger partial charge in [-0.15, -0.1) is 0 Å². The number of halogens is 1.